The van der Waals surface area contributed by atoms with Crippen LogP contribution in [0.5, 0.6) is 0 Å². The third-order valence-corrected chi connectivity index (χ3v) is 3.91. The standard InChI is InChI=1S/C16H12BrFN2O2/c1-10-4-2-3-5-13(10)15-19-22-16(21)20(15)9-11-6-7-12(17)8-14(11)18/h2-8H,9H2,1H3. The van der Waals surface area contributed by atoms with E-state index < -0.39 is 11.6 Å². The van der Waals surface area contributed by atoms with Crippen LogP contribution in [-0.4, -0.2) is 9.72 Å². The predicted molar refractivity (Wildman–Crippen MR) is 84.1 cm³/mol. The van der Waals surface area contributed by atoms with Gasteiger partial charge in [-0.05, 0) is 24.6 Å². The molecule has 0 radical (unpaired) electrons. The van der Waals surface area contributed by atoms with Crippen LogP contribution in [0.1, 0.15) is 11.1 Å². The van der Waals surface area contributed by atoms with Gasteiger partial charge in [-0.2, -0.15) is 0 Å². The minimum atomic E-state index is -0.611. The summed E-state index contributed by atoms with van der Waals surface area (Å²) in [5, 5.41) is 3.83. The average molecular weight is 363 g/mol. The van der Waals surface area contributed by atoms with Gasteiger partial charge in [-0.25, -0.2) is 9.18 Å². The lowest BCUT2D eigenvalue weighted by molar-refractivity contribution is 0.378. The van der Waals surface area contributed by atoms with Gasteiger partial charge >= 0.3 is 5.76 Å². The number of rotatable bonds is 3. The quantitative estimate of drug-likeness (QED) is 0.712. The molecule has 112 valence electrons. The van der Waals surface area contributed by atoms with E-state index in [1.54, 1.807) is 12.1 Å². The van der Waals surface area contributed by atoms with Crippen molar-refractivity contribution in [3.05, 3.63) is 74.4 Å². The van der Waals surface area contributed by atoms with Crippen molar-refractivity contribution in [2.24, 2.45) is 0 Å². The molecule has 0 atom stereocenters. The van der Waals surface area contributed by atoms with Crippen molar-refractivity contribution in [2.75, 3.05) is 0 Å². The summed E-state index contributed by atoms with van der Waals surface area (Å²) < 4.78 is 20.7. The van der Waals surface area contributed by atoms with Crippen LogP contribution in [0.3, 0.4) is 0 Å². The van der Waals surface area contributed by atoms with Crippen LogP contribution in [0.25, 0.3) is 11.4 Å². The molecule has 0 aliphatic carbocycles. The molecule has 0 amide bonds. The van der Waals surface area contributed by atoms with Gasteiger partial charge in [0, 0.05) is 15.6 Å². The molecule has 0 aliphatic heterocycles. The summed E-state index contributed by atoms with van der Waals surface area (Å²) in [4.78, 5) is 11.9. The Hall–Kier alpha value is -2.21. The van der Waals surface area contributed by atoms with Gasteiger partial charge < -0.3 is 0 Å². The van der Waals surface area contributed by atoms with E-state index in [-0.39, 0.29) is 6.54 Å². The molecule has 0 aliphatic rings. The van der Waals surface area contributed by atoms with E-state index in [9.17, 15) is 9.18 Å². The number of aromatic nitrogens is 2. The summed E-state index contributed by atoms with van der Waals surface area (Å²) in [7, 11) is 0. The molecule has 0 saturated heterocycles. The smallest absolute Gasteiger partial charge is 0.295 e. The Balaban J connectivity index is 2.07. The van der Waals surface area contributed by atoms with Crippen molar-refractivity contribution in [2.45, 2.75) is 13.5 Å². The first kappa shape index (κ1) is 14.7. The second kappa shape index (κ2) is 5.88. The van der Waals surface area contributed by atoms with Crippen molar-refractivity contribution >= 4 is 15.9 Å². The minimum Gasteiger partial charge on any atom is -0.295 e. The second-order valence-corrected chi connectivity index (χ2v) is 5.82. The Morgan fingerprint density at radius 3 is 2.77 bits per heavy atom. The third-order valence-electron chi connectivity index (χ3n) is 3.42. The van der Waals surface area contributed by atoms with Crippen LogP contribution in [0.4, 0.5) is 4.39 Å². The Morgan fingerprint density at radius 2 is 2.05 bits per heavy atom. The van der Waals surface area contributed by atoms with Gasteiger partial charge in [-0.1, -0.05) is 51.4 Å². The number of hydrogen-bond donors (Lipinski definition) is 0. The van der Waals surface area contributed by atoms with Crippen LogP contribution in [0, 0.1) is 12.7 Å². The largest absolute Gasteiger partial charge is 0.442 e. The molecule has 0 spiro atoms. The zero-order valence-electron chi connectivity index (χ0n) is 11.7. The summed E-state index contributed by atoms with van der Waals surface area (Å²) in [6, 6.07) is 12.2. The summed E-state index contributed by atoms with van der Waals surface area (Å²) >= 11 is 3.21. The zero-order chi connectivity index (χ0) is 15.7. The Bertz CT molecular complexity index is 886. The van der Waals surface area contributed by atoms with Crippen molar-refractivity contribution in [3.8, 4) is 11.4 Å². The molecule has 0 unspecified atom stereocenters. The first-order valence-electron chi connectivity index (χ1n) is 6.62. The van der Waals surface area contributed by atoms with E-state index in [0.29, 0.717) is 15.9 Å². The molecular formula is C16H12BrFN2O2. The average Bonchev–Trinajstić information content (AvgIpc) is 2.84. The second-order valence-electron chi connectivity index (χ2n) is 4.91. The molecular weight excluding hydrogens is 351 g/mol. The highest BCUT2D eigenvalue weighted by Crippen LogP contribution is 2.22. The number of halogens is 2. The molecule has 22 heavy (non-hydrogen) atoms. The van der Waals surface area contributed by atoms with E-state index in [1.165, 1.54) is 10.6 Å². The number of benzene rings is 2. The van der Waals surface area contributed by atoms with Crippen molar-refractivity contribution < 1.29 is 8.91 Å². The normalized spacial score (nSPS) is 10.9. The molecule has 4 nitrogen and oxygen atoms in total. The van der Waals surface area contributed by atoms with Crippen LogP contribution in [0.2, 0.25) is 0 Å². The molecule has 1 heterocycles. The molecule has 2 aromatic carbocycles. The van der Waals surface area contributed by atoms with Crippen LogP contribution < -0.4 is 5.76 Å². The molecule has 1 aromatic heterocycles. The van der Waals surface area contributed by atoms with Gasteiger partial charge in [-0.3, -0.25) is 9.09 Å². The third kappa shape index (κ3) is 2.74. The highest BCUT2D eigenvalue weighted by atomic mass is 79.9. The highest BCUT2D eigenvalue weighted by molar-refractivity contribution is 9.10. The van der Waals surface area contributed by atoms with Gasteiger partial charge in [0.2, 0.25) is 0 Å². The molecule has 0 fully saturated rings. The molecule has 0 N–H and O–H groups in total. The van der Waals surface area contributed by atoms with Gasteiger partial charge in [0.15, 0.2) is 5.82 Å². The zero-order valence-corrected chi connectivity index (χ0v) is 13.3. The van der Waals surface area contributed by atoms with Gasteiger partial charge in [0.05, 0.1) is 6.54 Å². The number of nitrogens with zero attached hydrogens (tertiary/aromatic N) is 2. The number of hydrogen-bond acceptors (Lipinski definition) is 3. The first-order chi connectivity index (χ1) is 10.6. The summed E-state index contributed by atoms with van der Waals surface area (Å²) in [6.45, 7) is 1.98. The van der Waals surface area contributed by atoms with E-state index in [2.05, 4.69) is 21.1 Å². The SMILES string of the molecule is Cc1ccccc1-c1noc(=O)n1Cc1ccc(Br)cc1F. The van der Waals surface area contributed by atoms with Gasteiger partial charge in [0.1, 0.15) is 5.82 Å². The Labute approximate surface area is 134 Å². The van der Waals surface area contributed by atoms with Crippen LogP contribution >= 0.6 is 15.9 Å². The fourth-order valence-electron chi connectivity index (χ4n) is 2.25. The predicted octanol–water partition coefficient (Wildman–Crippen LogP) is 3.76. The lowest BCUT2D eigenvalue weighted by atomic mass is 10.1. The minimum absolute atomic E-state index is 0.0606. The highest BCUT2D eigenvalue weighted by Gasteiger charge is 2.16. The van der Waals surface area contributed by atoms with E-state index in [1.807, 2.05) is 31.2 Å². The van der Waals surface area contributed by atoms with E-state index >= 15 is 0 Å². The van der Waals surface area contributed by atoms with Crippen LogP contribution in [0.15, 0.2) is 56.3 Å². The van der Waals surface area contributed by atoms with Crippen molar-refractivity contribution in [1.29, 1.82) is 0 Å². The summed E-state index contributed by atoms with van der Waals surface area (Å²) in [5.41, 5.74) is 2.13. The molecule has 0 bridgehead atoms. The van der Waals surface area contributed by atoms with E-state index in [4.69, 9.17) is 4.52 Å². The van der Waals surface area contributed by atoms with Gasteiger partial charge in [0.25, 0.3) is 0 Å². The maximum atomic E-state index is 14.0. The van der Waals surface area contributed by atoms with Crippen LogP contribution in [-0.2, 0) is 6.54 Å². The maximum Gasteiger partial charge on any atom is 0.442 e. The molecule has 6 heteroatoms. The fraction of sp³-hybridized carbons (Fsp3) is 0.125. The first-order valence-corrected chi connectivity index (χ1v) is 7.42. The van der Waals surface area contributed by atoms with Crippen molar-refractivity contribution in [3.63, 3.8) is 0 Å². The lowest BCUT2D eigenvalue weighted by Gasteiger charge is -2.08. The van der Waals surface area contributed by atoms with Gasteiger partial charge in [-0.15, -0.1) is 0 Å². The number of aryl methyl sites for hydroxylation is 1. The summed E-state index contributed by atoms with van der Waals surface area (Å²) in [5.74, 6) is -0.607. The monoisotopic (exact) mass is 362 g/mol. The fourth-order valence-corrected chi connectivity index (χ4v) is 2.58. The topological polar surface area (TPSA) is 48.0 Å². The lowest BCUT2D eigenvalue weighted by Crippen LogP contribution is -2.17. The Morgan fingerprint density at radius 1 is 1.27 bits per heavy atom. The molecule has 3 rings (SSSR count). The van der Waals surface area contributed by atoms with Crippen molar-refractivity contribution in [1.82, 2.24) is 9.72 Å². The Kier molecular flexibility index (Phi) is 3.94. The van der Waals surface area contributed by atoms with E-state index in [0.717, 1.165) is 11.1 Å². The maximum absolute atomic E-state index is 14.0. The molecule has 3 aromatic rings. The molecule has 0 saturated carbocycles. The summed E-state index contributed by atoms with van der Waals surface area (Å²) in [6.07, 6.45) is 0.